The van der Waals surface area contributed by atoms with E-state index in [9.17, 15) is 9.90 Å². The van der Waals surface area contributed by atoms with E-state index < -0.39 is 11.6 Å². The number of methoxy groups -OCH3 is 1. The standard InChI is InChI=1S/C11H15NO5/c1-11(15,10(13)14)6-17-8-4-3-7(12)5-9(8)16-2/h3-5,15H,6,12H2,1-2H3,(H,13,14). The Morgan fingerprint density at radius 1 is 1.47 bits per heavy atom. The number of hydrogen-bond donors (Lipinski definition) is 3. The second-order valence-corrected chi connectivity index (χ2v) is 3.78. The summed E-state index contributed by atoms with van der Waals surface area (Å²) in [5.41, 5.74) is 4.10. The molecule has 0 fully saturated rings. The van der Waals surface area contributed by atoms with Gasteiger partial charge in [-0.15, -0.1) is 0 Å². The van der Waals surface area contributed by atoms with Gasteiger partial charge in [-0.2, -0.15) is 0 Å². The van der Waals surface area contributed by atoms with Crippen LogP contribution in [0.4, 0.5) is 5.69 Å². The third-order valence-corrected chi connectivity index (χ3v) is 2.16. The zero-order valence-corrected chi connectivity index (χ0v) is 9.64. The van der Waals surface area contributed by atoms with Crippen LogP contribution in [0.1, 0.15) is 6.92 Å². The number of nitrogens with two attached hydrogens (primary N) is 1. The molecule has 0 aliphatic rings. The zero-order chi connectivity index (χ0) is 13.1. The van der Waals surface area contributed by atoms with Crippen LogP contribution in [0.5, 0.6) is 11.5 Å². The molecule has 17 heavy (non-hydrogen) atoms. The van der Waals surface area contributed by atoms with Crippen LogP contribution < -0.4 is 15.2 Å². The lowest BCUT2D eigenvalue weighted by atomic mass is 10.1. The van der Waals surface area contributed by atoms with Gasteiger partial charge < -0.3 is 25.4 Å². The molecule has 94 valence electrons. The average Bonchev–Trinajstić information content (AvgIpc) is 2.27. The zero-order valence-electron chi connectivity index (χ0n) is 9.64. The van der Waals surface area contributed by atoms with Crippen LogP contribution in [0.15, 0.2) is 18.2 Å². The van der Waals surface area contributed by atoms with Crippen molar-refractivity contribution in [3.8, 4) is 11.5 Å². The first kappa shape index (κ1) is 13.1. The lowest BCUT2D eigenvalue weighted by molar-refractivity contribution is -0.159. The molecule has 0 aliphatic carbocycles. The quantitative estimate of drug-likeness (QED) is 0.648. The van der Waals surface area contributed by atoms with E-state index in [0.717, 1.165) is 6.92 Å². The van der Waals surface area contributed by atoms with Crippen LogP contribution in [0.2, 0.25) is 0 Å². The lowest BCUT2D eigenvalue weighted by Crippen LogP contribution is -2.41. The van der Waals surface area contributed by atoms with Gasteiger partial charge in [0.25, 0.3) is 0 Å². The predicted molar refractivity (Wildman–Crippen MR) is 61.2 cm³/mol. The molecular weight excluding hydrogens is 226 g/mol. The molecule has 0 amide bonds. The largest absolute Gasteiger partial charge is 0.493 e. The molecule has 0 bridgehead atoms. The van der Waals surface area contributed by atoms with Crippen molar-refractivity contribution in [3.63, 3.8) is 0 Å². The summed E-state index contributed by atoms with van der Waals surface area (Å²) < 4.78 is 10.2. The number of aliphatic hydroxyl groups is 1. The average molecular weight is 241 g/mol. The maximum absolute atomic E-state index is 10.7. The van der Waals surface area contributed by atoms with Crippen molar-refractivity contribution in [2.45, 2.75) is 12.5 Å². The molecule has 0 spiro atoms. The maximum atomic E-state index is 10.7. The normalized spacial score (nSPS) is 13.8. The van der Waals surface area contributed by atoms with E-state index in [2.05, 4.69) is 0 Å². The van der Waals surface area contributed by atoms with Gasteiger partial charge in [0.05, 0.1) is 7.11 Å². The molecule has 1 aromatic rings. The van der Waals surface area contributed by atoms with Crippen molar-refractivity contribution < 1.29 is 24.5 Å². The van der Waals surface area contributed by atoms with Crippen LogP contribution in [0.3, 0.4) is 0 Å². The van der Waals surface area contributed by atoms with Gasteiger partial charge in [-0.1, -0.05) is 0 Å². The minimum atomic E-state index is -1.95. The van der Waals surface area contributed by atoms with E-state index in [0.29, 0.717) is 17.2 Å². The Morgan fingerprint density at radius 2 is 2.12 bits per heavy atom. The molecule has 4 N–H and O–H groups in total. The molecule has 0 saturated heterocycles. The van der Waals surface area contributed by atoms with Crippen molar-refractivity contribution in [3.05, 3.63) is 18.2 Å². The Morgan fingerprint density at radius 3 is 2.65 bits per heavy atom. The first-order chi connectivity index (χ1) is 7.86. The third-order valence-electron chi connectivity index (χ3n) is 2.16. The number of nitrogen functional groups attached to an aromatic ring is 1. The highest BCUT2D eigenvalue weighted by atomic mass is 16.5. The van der Waals surface area contributed by atoms with Gasteiger partial charge in [0.2, 0.25) is 0 Å². The number of carboxylic acid groups (broad SMARTS) is 1. The minimum absolute atomic E-state index is 0.322. The Kier molecular flexibility index (Phi) is 3.80. The fraction of sp³-hybridized carbons (Fsp3) is 0.364. The van der Waals surface area contributed by atoms with Gasteiger partial charge in [0.15, 0.2) is 17.1 Å². The summed E-state index contributed by atoms with van der Waals surface area (Å²) in [6.45, 7) is 0.766. The predicted octanol–water partition coefficient (Wildman–Crippen LogP) is 0.492. The highest BCUT2D eigenvalue weighted by molar-refractivity contribution is 5.76. The SMILES string of the molecule is COc1cc(N)ccc1OCC(C)(O)C(=O)O. The van der Waals surface area contributed by atoms with Gasteiger partial charge in [0, 0.05) is 11.8 Å². The Hall–Kier alpha value is -1.95. The molecule has 0 saturated carbocycles. The first-order valence-corrected chi connectivity index (χ1v) is 4.89. The Balaban J connectivity index is 2.79. The Labute approximate surface area is 98.6 Å². The highest BCUT2D eigenvalue weighted by Gasteiger charge is 2.31. The molecule has 6 nitrogen and oxygen atoms in total. The van der Waals surface area contributed by atoms with Crippen molar-refractivity contribution in [2.24, 2.45) is 0 Å². The number of carbonyl (C=O) groups is 1. The van der Waals surface area contributed by atoms with Gasteiger partial charge in [0.1, 0.15) is 6.61 Å². The van der Waals surface area contributed by atoms with E-state index in [1.54, 1.807) is 18.2 Å². The van der Waals surface area contributed by atoms with Crippen molar-refractivity contribution in [1.29, 1.82) is 0 Å². The fourth-order valence-electron chi connectivity index (χ4n) is 1.08. The van der Waals surface area contributed by atoms with Crippen LogP contribution in [0, 0.1) is 0 Å². The van der Waals surface area contributed by atoms with E-state index in [4.69, 9.17) is 20.3 Å². The minimum Gasteiger partial charge on any atom is -0.493 e. The molecule has 1 aromatic carbocycles. The molecule has 0 aromatic heterocycles. The first-order valence-electron chi connectivity index (χ1n) is 4.89. The number of rotatable bonds is 5. The number of hydrogen-bond acceptors (Lipinski definition) is 5. The number of benzene rings is 1. The number of aliphatic carboxylic acids is 1. The van der Waals surface area contributed by atoms with Gasteiger partial charge in [-0.25, -0.2) is 4.79 Å². The molecule has 1 rings (SSSR count). The maximum Gasteiger partial charge on any atom is 0.339 e. The monoisotopic (exact) mass is 241 g/mol. The molecule has 6 heteroatoms. The van der Waals surface area contributed by atoms with E-state index >= 15 is 0 Å². The third kappa shape index (κ3) is 3.25. The van der Waals surface area contributed by atoms with E-state index in [1.165, 1.54) is 7.11 Å². The number of carboxylic acids is 1. The van der Waals surface area contributed by atoms with Crippen molar-refractivity contribution in [1.82, 2.24) is 0 Å². The van der Waals surface area contributed by atoms with E-state index in [1.807, 2.05) is 0 Å². The molecule has 0 aliphatic heterocycles. The molecule has 1 unspecified atom stereocenters. The lowest BCUT2D eigenvalue weighted by Gasteiger charge is -2.19. The van der Waals surface area contributed by atoms with Crippen LogP contribution >= 0.6 is 0 Å². The highest BCUT2D eigenvalue weighted by Crippen LogP contribution is 2.29. The topological polar surface area (TPSA) is 102 Å². The van der Waals surface area contributed by atoms with Gasteiger partial charge in [-0.05, 0) is 19.1 Å². The van der Waals surface area contributed by atoms with Crippen LogP contribution in [-0.4, -0.2) is 35.5 Å². The molecule has 0 radical (unpaired) electrons. The van der Waals surface area contributed by atoms with Gasteiger partial charge in [-0.3, -0.25) is 0 Å². The number of ether oxygens (including phenoxy) is 2. The van der Waals surface area contributed by atoms with Crippen LogP contribution in [-0.2, 0) is 4.79 Å². The summed E-state index contributed by atoms with van der Waals surface area (Å²) in [5.74, 6) is -0.652. The van der Waals surface area contributed by atoms with Crippen molar-refractivity contribution in [2.75, 3.05) is 19.5 Å². The summed E-state index contributed by atoms with van der Waals surface area (Å²) in [7, 11) is 1.44. The molecule has 1 atom stereocenters. The number of anilines is 1. The summed E-state index contributed by atoms with van der Waals surface area (Å²) in [4.78, 5) is 10.7. The summed E-state index contributed by atoms with van der Waals surface area (Å²) in [6, 6.07) is 4.68. The van der Waals surface area contributed by atoms with Gasteiger partial charge >= 0.3 is 5.97 Å². The Bertz CT molecular complexity index is 416. The fourth-order valence-corrected chi connectivity index (χ4v) is 1.08. The summed E-state index contributed by atoms with van der Waals surface area (Å²) in [6.07, 6.45) is 0. The van der Waals surface area contributed by atoms with Crippen LogP contribution in [0.25, 0.3) is 0 Å². The van der Waals surface area contributed by atoms with Crippen molar-refractivity contribution >= 4 is 11.7 Å². The smallest absolute Gasteiger partial charge is 0.339 e. The molecule has 0 heterocycles. The second-order valence-electron chi connectivity index (χ2n) is 3.78. The molecular formula is C11H15NO5. The second kappa shape index (κ2) is 4.92. The summed E-state index contributed by atoms with van der Waals surface area (Å²) in [5, 5.41) is 18.2. The van der Waals surface area contributed by atoms with E-state index in [-0.39, 0.29) is 6.61 Å². The summed E-state index contributed by atoms with van der Waals surface area (Å²) >= 11 is 0.